The number of nitrogens with two attached hydrogens (primary N) is 1. The van der Waals surface area contributed by atoms with E-state index in [1.54, 1.807) is 12.1 Å². The zero-order chi connectivity index (χ0) is 12.3. The Balaban J connectivity index is 2.13. The van der Waals surface area contributed by atoms with Gasteiger partial charge in [0.15, 0.2) is 5.76 Å². The third-order valence-electron chi connectivity index (χ3n) is 3.66. The molecule has 1 heterocycles. The summed E-state index contributed by atoms with van der Waals surface area (Å²) in [4.78, 5) is 14.2. The Morgan fingerprint density at radius 2 is 2.41 bits per heavy atom. The molecule has 0 bridgehead atoms. The predicted octanol–water partition coefficient (Wildman–Crippen LogP) is 1.87. The highest BCUT2D eigenvalue weighted by molar-refractivity contribution is 5.91. The highest BCUT2D eigenvalue weighted by Gasteiger charge is 2.34. The smallest absolute Gasteiger partial charge is 0.289 e. The average Bonchev–Trinajstić information content (AvgIpc) is 3.01. The number of hydrogen-bond acceptors (Lipinski definition) is 3. The fraction of sp³-hybridized carbons (Fsp3) is 0.615. The van der Waals surface area contributed by atoms with Crippen molar-refractivity contribution in [3.05, 3.63) is 24.2 Å². The molecule has 0 radical (unpaired) electrons. The van der Waals surface area contributed by atoms with Gasteiger partial charge in [0.1, 0.15) is 0 Å². The van der Waals surface area contributed by atoms with Gasteiger partial charge in [0, 0.05) is 12.6 Å². The number of amides is 1. The second kappa shape index (κ2) is 5.36. The van der Waals surface area contributed by atoms with Crippen molar-refractivity contribution in [2.24, 2.45) is 11.7 Å². The summed E-state index contributed by atoms with van der Waals surface area (Å²) in [6, 6.07) is 3.75. The van der Waals surface area contributed by atoms with E-state index in [1.807, 2.05) is 11.8 Å². The molecule has 0 saturated heterocycles. The molecule has 2 unspecified atom stereocenters. The molecule has 1 aliphatic carbocycles. The molecule has 1 aliphatic rings. The molecule has 1 fully saturated rings. The molecule has 2 rings (SSSR count). The summed E-state index contributed by atoms with van der Waals surface area (Å²) < 4.78 is 5.18. The van der Waals surface area contributed by atoms with Crippen LogP contribution >= 0.6 is 0 Å². The second-order valence-corrected chi connectivity index (χ2v) is 4.56. The maximum Gasteiger partial charge on any atom is 0.289 e. The van der Waals surface area contributed by atoms with Gasteiger partial charge in [0.05, 0.1) is 6.26 Å². The highest BCUT2D eigenvalue weighted by Crippen LogP contribution is 2.30. The highest BCUT2D eigenvalue weighted by atomic mass is 16.3. The Morgan fingerprint density at radius 3 is 3.00 bits per heavy atom. The van der Waals surface area contributed by atoms with E-state index in [-0.39, 0.29) is 11.9 Å². The standard InChI is InChI=1S/C13H20N2O2/c1-2-15(11-6-3-5-10(11)9-14)13(16)12-7-4-8-17-12/h4,7-8,10-11H,2-3,5-6,9,14H2,1H3. The van der Waals surface area contributed by atoms with Crippen LogP contribution in [0.5, 0.6) is 0 Å². The predicted molar refractivity (Wildman–Crippen MR) is 65.6 cm³/mol. The topological polar surface area (TPSA) is 59.5 Å². The molecule has 1 aromatic rings. The third kappa shape index (κ3) is 2.36. The minimum Gasteiger partial charge on any atom is -0.459 e. The van der Waals surface area contributed by atoms with E-state index in [0.29, 0.717) is 24.8 Å². The summed E-state index contributed by atoms with van der Waals surface area (Å²) in [6.45, 7) is 3.38. The number of nitrogens with zero attached hydrogens (tertiary/aromatic N) is 1. The van der Waals surface area contributed by atoms with Crippen LogP contribution in [-0.4, -0.2) is 29.9 Å². The summed E-state index contributed by atoms with van der Waals surface area (Å²) in [7, 11) is 0. The van der Waals surface area contributed by atoms with E-state index in [4.69, 9.17) is 10.2 Å². The molecule has 0 aromatic carbocycles. The molecule has 4 heteroatoms. The minimum atomic E-state index is -0.0112. The number of carbonyl (C=O) groups excluding carboxylic acids is 1. The van der Waals surface area contributed by atoms with Gasteiger partial charge in [-0.1, -0.05) is 6.42 Å². The van der Waals surface area contributed by atoms with Gasteiger partial charge in [-0.25, -0.2) is 0 Å². The molecular formula is C13H20N2O2. The maximum atomic E-state index is 12.3. The quantitative estimate of drug-likeness (QED) is 0.868. The Labute approximate surface area is 102 Å². The summed E-state index contributed by atoms with van der Waals surface area (Å²) in [5.41, 5.74) is 5.77. The van der Waals surface area contributed by atoms with Crippen LogP contribution in [0.2, 0.25) is 0 Å². The van der Waals surface area contributed by atoms with Crippen molar-refractivity contribution in [1.82, 2.24) is 4.90 Å². The van der Waals surface area contributed by atoms with Gasteiger partial charge < -0.3 is 15.1 Å². The maximum absolute atomic E-state index is 12.3. The van der Waals surface area contributed by atoms with Gasteiger partial charge in [-0.3, -0.25) is 4.79 Å². The zero-order valence-electron chi connectivity index (χ0n) is 10.3. The first kappa shape index (κ1) is 12.2. The van der Waals surface area contributed by atoms with Crippen LogP contribution in [-0.2, 0) is 0 Å². The fourth-order valence-electron chi connectivity index (χ4n) is 2.77. The van der Waals surface area contributed by atoms with Gasteiger partial charge in [-0.2, -0.15) is 0 Å². The normalized spacial score (nSPS) is 23.9. The largest absolute Gasteiger partial charge is 0.459 e. The van der Waals surface area contributed by atoms with Crippen molar-refractivity contribution in [2.45, 2.75) is 32.2 Å². The SMILES string of the molecule is CCN(C(=O)c1ccco1)C1CCCC1CN. The molecule has 2 atom stereocenters. The fourth-order valence-corrected chi connectivity index (χ4v) is 2.77. The van der Waals surface area contributed by atoms with Crippen molar-refractivity contribution in [3.8, 4) is 0 Å². The monoisotopic (exact) mass is 236 g/mol. The lowest BCUT2D eigenvalue weighted by Gasteiger charge is -2.31. The molecule has 0 spiro atoms. The average molecular weight is 236 g/mol. The first-order valence-electron chi connectivity index (χ1n) is 6.32. The first-order valence-corrected chi connectivity index (χ1v) is 6.32. The summed E-state index contributed by atoms with van der Waals surface area (Å²) in [5.74, 6) is 0.853. The molecule has 1 amide bonds. The van der Waals surface area contributed by atoms with Crippen LogP contribution < -0.4 is 5.73 Å². The molecule has 0 aliphatic heterocycles. The van der Waals surface area contributed by atoms with Gasteiger partial charge in [0.25, 0.3) is 5.91 Å². The van der Waals surface area contributed by atoms with Gasteiger partial charge in [-0.15, -0.1) is 0 Å². The van der Waals surface area contributed by atoms with Crippen LogP contribution in [0.3, 0.4) is 0 Å². The molecule has 1 aromatic heterocycles. The van der Waals surface area contributed by atoms with Crippen molar-refractivity contribution in [2.75, 3.05) is 13.1 Å². The number of furan rings is 1. The molecule has 1 saturated carbocycles. The van der Waals surface area contributed by atoms with E-state index in [9.17, 15) is 4.79 Å². The van der Waals surface area contributed by atoms with Crippen LogP contribution in [0, 0.1) is 5.92 Å². The number of rotatable bonds is 4. The Morgan fingerprint density at radius 1 is 1.59 bits per heavy atom. The van der Waals surface area contributed by atoms with Crippen molar-refractivity contribution in [3.63, 3.8) is 0 Å². The molecule has 4 nitrogen and oxygen atoms in total. The van der Waals surface area contributed by atoms with Crippen LogP contribution in [0.1, 0.15) is 36.7 Å². The third-order valence-corrected chi connectivity index (χ3v) is 3.66. The van der Waals surface area contributed by atoms with Gasteiger partial charge in [-0.05, 0) is 44.4 Å². The lowest BCUT2D eigenvalue weighted by molar-refractivity contribution is 0.0619. The van der Waals surface area contributed by atoms with E-state index >= 15 is 0 Å². The van der Waals surface area contributed by atoms with Gasteiger partial charge >= 0.3 is 0 Å². The van der Waals surface area contributed by atoms with E-state index in [1.165, 1.54) is 6.26 Å². The Hall–Kier alpha value is -1.29. The van der Waals surface area contributed by atoms with E-state index in [2.05, 4.69) is 0 Å². The van der Waals surface area contributed by atoms with Crippen LogP contribution in [0.15, 0.2) is 22.8 Å². The summed E-state index contributed by atoms with van der Waals surface area (Å²) in [6.07, 6.45) is 4.88. The van der Waals surface area contributed by atoms with Gasteiger partial charge in [0.2, 0.25) is 0 Å². The van der Waals surface area contributed by atoms with E-state index in [0.717, 1.165) is 19.3 Å². The van der Waals surface area contributed by atoms with Crippen molar-refractivity contribution in [1.29, 1.82) is 0 Å². The van der Waals surface area contributed by atoms with Crippen LogP contribution in [0.4, 0.5) is 0 Å². The number of hydrogen-bond donors (Lipinski definition) is 1. The Bertz CT molecular complexity index is 362. The first-order chi connectivity index (χ1) is 8.27. The van der Waals surface area contributed by atoms with Crippen molar-refractivity contribution >= 4 is 5.91 Å². The molecular weight excluding hydrogens is 216 g/mol. The van der Waals surface area contributed by atoms with Crippen LogP contribution in [0.25, 0.3) is 0 Å². The molecule has 17 heavy (non-hydrogen) atoms. The lowest BCUT2D eigenvalue weighted by atomic mass is 10.0. The molecule has 94 valence electrons. The molecule has 2 N–H and O–H groups in total. The second-order valence-electron chi connectivity index (χ2n) is 4.56. The van der Waals surface area contributed by atoms with Crippen molar-refractivity contribution < 1.29 is 9.21 Å². The summed E-state index contributed by atoms with van der Waals surface area (Å²) in [5, 5.41) is 0. The van der Waals surface area contributed by atoms with E-state index < -0.39 is 0 Å². The zero-order valence-corrected chi connectivity index (χ0v) is 10.3. The minimum absolute atomic E-state index is 0.0112. The lowest BCUT2D eigenvalue weighted by Crippen LogP contribution is -2.44. The Kier molecular flexibility index (Phi) is 3.84. The summed E-state index contributed by atoms with van der Waals surface area (Å²) >= 11 is 0. The number of carbonyl (C=O) groups is 1.